The number of nitrogens with one attached hydrogen (secondary N) is 2. The van der Waals surface area contributed by atoms with Gasteiger partial charge in [0.25, 0.3) is 5.91 Å². The average molecular weight is 195 g/mol. The summed E-state index contributed by atoms with van der Waals surface area (Å²) >= 11 is 0. The first-order valence-corrected chi connectivity index (χ1v) is 4.16. The summed E-state index contributed by atoms with van der Waals surface area (Å²) in [5.41, 5.74) is 1.09. The van der Waals surface area contributed by atoms with E-state index in [-0.39, 0.29) is 5.91 Å². The Labute approximate surface area is 82.5 Å². The predicted molar refractivity (Wildman–Crippen MR) is 53.7 cm³/mol. The Morgan fingerprint density at radius 3 is 2.71 bits per heavy atom. The lowest BCUT2D eigenvalue weighted by atomic mass is 10.3. The summed E-state index contributed by atoms with van der Waals surface area (Å²) in [6, 6.07) is 1.59. The van der Waals surface area contributed by atoms with Crippen LogP contribution in [-0.4, -0.2) is 32.1 Å². The maximum absolute atomic E-state index is 11.2. The lowest BCUT2D eigenvalue weighted by Gasteiger charge is -2.08. The molecule has 5 nitrogen and oxygen atoms in total. The molecular formula is C9H13N3O2. The Hall–Kier alpha value is -1.78. The topological polar surface area (TPSA) is 63.2 Å². The van der Waals surface area contributed by atoms with Gasteiger partial charge in [-0.1, -0.05) is 0 Å². The fraction of sp³-hybridized carbons (Fsp3) is 0.333. The van der Waals surface area contributed by atoms with Crippen molar-refractivity contribution in [3.63, 3.8) is 0 Å². The summed E-state index contributed by atoms with van der Waals surface area (Å²) in [5, 5.41) is 5.40. The second kappa shape index (κ2) is 4.45. The maximum atomic E-state index is 11.2. The molecule has 0 aromatic carbocycles. The van der Waals surface area contributed by atoms with Crippen molar-refractivity contribution < 1.29 is 9.53 Å². The smallest absolute Gasteiger partial charge is 0.269 e. The summed E-state index contributed by atoms with van der Waals surface area (Å²) in [6.45, 7) is 0. The monoisotopic (exact) mass is 195 g/mol. The molecule has 0 aliphatic heterocycles. The van der Waals surface area contributed by atoms with Gasteiger partial charge in [-0.15, -0.1) is 0 Å². The molecule has 0 saturated carbocycles. The van der Waals surface area contributed by atoms with E-state index < -0.39 is 0 Å². The van der Waals surface area contributed by atoms with E-state index in [0.717, 1.165) is 5.69 Å². The fourth-order valence-electron chi connectivity index (χ4n) is 1.05. The van der Waals surface area contributed by atoms with Crippen molar-refractivity contribution in [2.75, 3.05) is 26.5 Å². The van der Waals surface area contributed by atoms with Gasteiger partial charge < -0.3 is 15.4 Å². The molecule has 0 radical (unpaired) electrons. The number of methoxy groups -OCH3 is 1. The molecule has 1 rings (SSSR count). The summed E-state index contributed by atoms with van der Waals surface area (Å²) in [4.78, 5) is 15.2. The third-order valence-corrected chi connectivity index (χ3v) is 1.81. The third kappa shape index (κ3) is 1.93. The zero-order valence-corrected chi connectivity index (χ0v) is 8.42. The van der Waals surface area contributed by atoms with Crippen LogP contribution in [0.5, 0.6) is 5.75 Å². The SMILES string of the molecule is CNC(=O)c1cc(OC)c(NC)cn1. The van der Waals surface area contributed by atoms with Crippen LogP contribution < -0.4 is 15.4 Å². The van der Waals surface area contributed by atoms with Crippen LogP contribution in [0.15, 0.2) is 12.3 Å². The van der Waals surface area contributed by atoms with Crippen LogP contribution in [-0.2, 0) is 0 Å². The molecular weight excluding hydrogens is 182 g/mol. The molecule has 0 fully saturated rings. The molecule has 0 bridgehead atoms. The van der Waals surface area contributed by atoms with Crippen LogP contribution in [0.2, 0.25) is 0 Å². The molecule has 0 aliphatic rings. The molecule has 1 aromatic rings. The van der Waals surface area contributed by atoms with E-state index in [9.17, 15) is 4.79 Å². The molecule has 0 unspecified atom stereocenters. The molecule has 0 aliphatic carbocycles. The molecule has 14 heavy (non-hydrogen) atoms. The minimum atomic E-state index is -0.231. The number of ether oxygens (including phenoxy) is 1. The first-order chi connectivity index (χ1) is 6.72. The largest absolute Gasteiger partial charge is 0.494 e. The third-order valence-electron chi connectivity index (χ3n) is 1.81. The van der Waals surface area contributed by atoms with Gasteiger partial charge in [0, 0.05) is 20.2 Å². The molecule has 76 valence electrons. The van der Waals surface area contributed by atoms with Gasteiger partial charge in [-0.05, 0) is 0 Å². The predicted octanol–water partition coefficient (Wildman–Crippen LogP) is 0.491. The van der Waals surface area contributed by atoms with E-state index in [0.29, 0.717) is 11.4 Å². The number of pyridine rings is 1. The van der Waals surface area contributed by atoms with Crippen molar-refractivity contribution >= 4 is 11.6 Å². The minimum absolute atomic E-state index is 0.231. The fourth-order valence-corrected chi connectivity index (χ4v) is 1.05. The zero-order valence-electron chi connectivity index (χ0n) is 8.42. The first-order valence-electron chi connectivity index (χ1n) is 4.16. The molecule has 1 amide bonds. The van der Waals surface area contributed by atoms with E-state index in [2.05, 4.69) is 15.6 Å². The Morgan fingerprint density at radius 2 is 2.21 bits per heavy atom. The molecule has 2 N–H and O–H groups in total. The zero-order chi connectivity index (χ0) is 10.6. The number of hydrogen-bond donors (Lipinski definition) is 2. The van der Waals surface area contributed by atoms with E-state index in [1.165, 1.54) is 0 Å². The number of nitrogens with zero attached hydrogens (tertiary/aromatic N) is 1. The van der Waals surface area contributed by atoms with Crippen LogP contribution >= 0.6 is 0 Å². The molecule has 1 heterocycles. The molecule has 0 atom stereocenters. The first kappa shape index (κ1) is 10.3. The number of hydrogen-bond acceptors (Lipinski definition) is 4. The highest BCUT2D eigenvalue weighted by Gasteiger charge is 2.09. The van der Waals surface area contributed by atoms with Crippen LogP contribution in [0.4, 0.5) is 5.69 Å². The number of amides is 1. The summed E-state index contributed by atoms with van der Waals surface area (Å²) in [6.07, 6.45) is 1.56. The quantitative estimate of drug-likeness (QED) is 0.736. The van der Waals surface area contributed by atoms with Gasteiger partial charge >= 0.3 is 0 Å². The van der Waals surface area contributed by atoms with E-state index in [4.69, 9.17) is 4.74 Å². The standard InChI is InChI=1S/C9H13N3O2/c1-10-7-5-12-6(9(13)11-2)4-8(7)14-3/h4-5,10H,1-3H3,(H,11,13). The van der Waals surface area contributed by atoms with Crippen molar-refractivity contribution in [2.45, 2.75) is 0 Å². The minimum Gasteiger partial charge on any atom is -0.494 e. The van der Waals surface area contributed by atoms with Crippen molar-refractivity contribution in [3.05, 3.63) is 18.0 Å². The number of carbonyl (C=O) groups excluding carboxylic acids is 1. The van der Waals surface area contributed by atoms with Gasteiger partial charge in [0.2, 0.25) is 0 Å². The van der Waals surface area contributed by atoms with E-state index in [1.807, 2.05) is 0 Å². The Morgan fingerprint density at radius 1 is 1.50 bits per heavy atom. The Bertz CT molecular complexity index is 339. The molecule has 0 saturated heterocycles. The Kier molecular flexibility index (Phi) is 3.28. The van der Waals surface area contributed by atoms with Crippen molar-refractivity contribution in [2.24, 2.45) is 0 Å². The van der Waals surface area contributed by atoms with Crippen molar-refractivity contribution in [1.29, 1.82) is 0 Å². The van der Waals surface area contributed by atoms with Crippen LogP contribution in [0.25, 0.3) is 0 Å². The highest BCUT2D eigenvalue weighted by atomic mass is 16.5. The lowest BCUT2D eigenvalue weighted by molar-refractivity contribution is 0.0958. The van der Waals surface area contributed by atoms with Crippen LogP contribution in [0, 0.1) is 0 Å². The van der Waals surface area contributed by atoms with Gasteiger partial charge in [-0.3, -0.25) is 4.79 Å². The van der Waals surface area contributed by atoms with Gasteiger partial charge in [-0.25, -0.2) is 4.98 Å². The average Bonchev–Trinajstić information content (AvgIpc) is 2.26. The second-order valence-electron chi connectivity index (χ2n) is 2.60. The Balaban J connectivity index is 3.07. The molecule has 5 heteroatoms. The van der Waals surface area contributed by atoms with E-state index >= 15 is 0 Å². The van der Waals surface area contributed by atoms with Crippen molar-refractivity contribution in [1.82, 2.24) is 10.3 Å². The van der Waals surface area contributed by atoms with E-state index in [1.54, 1.807) is 33.5 Å². The normalized spacial score (nSPS) is 9.36. The van der Waals surface area contributed by atoms with Gasteiger partial charge in [-0.2, -0.15) is 0 Å². The summed E-state index contributed by atoms with van der Waals surface area (Å²) in [7, 11) is 4.87. The lowest BCUT2D eigenvalue weighted by Crippen LogP contribution is -2.19. The van der Waals surface area contributed by atoms with Gasteiger partial charge in [0.15, 0.2) is 0 Å². The van der Waals surface area contributed by atoms with Gasteiger partial charge in [0.05, 0.1) is 19.0 Å². The maximum Gasteiger partial charge on any atom is 0.269 e. The van der Waals surface area contributed by atoms with Crippen molar-refractivity contribution in [3.8, 4) is 5.75 Å². The van der Waals surface area contributed by atoms with Crippen LogP contribution in [0.3, 0.4) is 0 Å². The number of anilines is 1. The highest BCUT2D eigenvalue weighted by Crippen LogP contribution is 2.22. The molecule has 0 spiro atoms. The van der Waals surface area contributed by atoms with Gasteiger partial charge in [0.1, 0.15) is 11.4 Å². The second-order valence-corrected chi connectivity index (χ2v) is 2.60. The molecule has 1 aromatic heterocycles. The number of rotatable bonds is 3. The number of carbonyl (C=O) groups is 1. The summed E-state index contributed by atoms with van der Waals surface area (Å²) < 4.78 is 5.09. The highest BCUT2D eigenvalue weighted by molar-refractivity contribution is 5.92. The van der Waals surface area contributed by atoms with Crippen LogP contribution in [0.1, 0.15) is 10.5 Å². The summed E-state index contributed by atoms with van der Waals surface area (Å²) in [5.74, 6) is 0.368. The number of aromatic nitrogens is 1.